The summed E-state index contributed by atoms with van der Waals surface area (Å²) in [4.78, 5) is 33.7. The minimum atomic E-state index is -0.521. The molecule has 3 fully saturated rings. The number of rotatable bonds is 6. The number of carbonyl (C=O) groups excluding carboxylic acids is 1. The molecule has 4 heterocycles. The Morgan fingerprint density at radius 1 is 1.12 bits per heavy atom. The second kappa shape index (κ2) is 10.9. The van der Waals surface area contributed by atoms with E-state index in [0.29, 0.717) is 45.7 Å². The summed E-state index contributed by atoms with van der Waals surface area (Å²) in [6.45, 7) is 15.1. The van der Waals surface area contributed by atoms with Gasteiger partial charge in [0.1, 0.15) is 0 Å². The van der Waals surface area contributed by atoms with Crippen LogP contribution in [0.4, 0.5) is 5.69 Å². The Labute approximate surface area is 247 Å². The van der Waals surface area contributed by atoms with Crippen LogP contribution in [-0.4, -0.2) is 60.4 Å². The average molecular weight is 583 g/mol. The highest BCUT2D eigenvalue weighted by Gasteiger charge is 2.51. The van der Waals surface area contributed by atoms with Gasteiger partial charge in [0.15, 0.2) is 11.5 Å². The van der Waals surface area contributed by atoms with Gasteiger partial charge in [-0.15, -0.1) is 0 Å². The lowest BCUT2D eigenvalue weighted by Gasteiger charge is -2.45. The molecule has 4 aliphatic rings. The fourth-order valence-corrected chi connectivity index (χ4v) is 8.23. The number of aromatic amines is 1. The highest BCUT2D eigenvalue weighted by molar-refractivity contribution is 6.33. The number of nitrogens with one attached hydrogen (secondary N) is 2. The molecule has 6 rings (SSSR count). The quantitative estimate of drug-likeness (QED) is 0.501. The lowest BCUT2D eigenvalue weighted by molar-refractivity contribution is 0.00799. The van der Waals surface area contributed by atoms with Crippen molar-refractivity contribution in [3.05, 3.63) is 55.5 Å². The van der Waals surface area contributed by atoms with Gasteiger partial charge in [-0.05, 0) is 83.6 Å². The van der Waals surface area contributed by atoms with Crippen molar-refractivity contribution in [1.29, 1.82) is 0 Å². The Bertz CT molecular complexity index is 1390. The molecule has 1 aromatic heterocycles. The van der Waals surface area contributed by atoms with Gasteiger partial charge < -0.3 is 24.7 Å². The molecule has 9 heteroatoms. The average Bonchev–Trinajstić information content (AvgIpc) is 3.63. The van der Waals surface area contributed by atoms with Crippen LogP contribution < -0.4 is 20.5 Å². The van der Waals surface area contributed by atoms with Crippen molar-refractivity contribution >= 4 is 23.2 Å². The predicted octanol–water partition coefficient (Wildman–Crippen LogP) is 4.96. The van der Waals surface area contributed by atoms with Gasteiger partial charge in [-0.2, -0.15) is 0 Å². The van der Waals surface area contributed by atoms with Gasteiger partial charge in [0.25, 0.3) is 11.5 Å². The number of amides is 1. The van der Waals surface area contributed by atoms with Gasteiger partial charge in [0, 0.05) is 66.8 Å². The van der Waals surface area contributed by atoms with Crippen molar-refractivity contribution in [1.82, 2.24) is 15.2 Å². The number of aryl methyl sites for hydroxylation is 2. The maximum Gasteiger partial charge on any atom is 0.253 e. The molecule has 41 heavy (non-hydrogen) atoms. The van der Waals surface area contributed by atoms with Crippen LogP contribution in [0.3, 0.4) is 0 Å². The number of pyridine rings is 1. The lowest BCUT2D eigenvalue weighted by atomic mass is 9.79. The zero-order valence-electron chi connectivity index (χ0n) is 24.9. The Morgan fingerprint density at radius 2 is 1.80 bits per heavy atom. The van der Waals surface area contributed by atoms with Gasteiger partial charge in [0.2, 0.25) is 0 Å². The summed E-state index contributed by atoms with van der Waals surface area (Å²) in [6, 6.07) is 4.27. The van der Waals surface area contributed by atoms with Crippen molar-refractivity contribution in [2.75, 3.05) is 37.7 Å². The largest absolute Gasteiger partial charge is 0.464 e. The number of hydrogen-bond donors (Lipinski definition) is 2. The maximum absolute atomic E-state index is 13.4. The fourth-order valence-electron chi connectivity index (χ4n) is 7.99. The Hall–Kier alpha value is -2.55. The SMILES string of the molecule is CCN1c2c(C)c(C(=O)NCc3c(C)cc(C)[nH]c3=O)cc(Cl)c2OC1(C)C1CCC(N2CC3COCC3C2)CC1. The van der Waals surface area contributed by atoms with E-state index in [4.69, 9.17) is 21.1 Å². The zero-order chi connectivity index (χ0) is 29.1. The fraction of sp³-hybridized carbons (Fsp3) is 0.625. The number of fused-ring (bicyclic) bond motifs is 2. The van der Waals surface area contributed by atoms with Crippen molar-refractivity contribution in [3.63, 3.8) is 0 Å². The molecule has 1 amide bonds. The molecule has 3 unspecified atom stereocenters. The minimum absolute atomic E-state index is 0.148. The van der Waals surface area contributed by atoms with E-state index < -0.39 is 5.72 Å². The third kappa shape index (κ3) is 4.96. The smallest absolute Gasteiger partial charge is 0.253 e. The number of aromatic nitrogens is 1. The summed E-state index contributed by atoms with van der Waals surface area (Å²) < 4.78 is 12.5. The molecule has 3 atom stereocenters. The van der Waals surface area contributed by atoms with E-state index in [1.165, 1.54) is 25.9 Å². The molecule has 2 saturated heterocycles. The first-order valence-electron chi connectivity index (χ1n) is 15.2. The number of ether oxygens (including phenoxy) is 2. The molecule has 2 N–H and O–H groups in total. The normalized spacial score (nSPS) is 29.4. The van der Waals surface area contributed by atoms with E-state index in [2.05, 4.69) is 33.9 Å². The van der Waals surface area contributed by atoms with Crippen LogP contribution in [-0.2, 0) is 11.3 Å². The monoisotopic (exact) mass is 582 g/mol. The van der Waals surface area contributed by atoms with Crippen LogP contribution >= 0.6 is 11.6 Å². The topological polar surface area (TPSA) is 86.9 Å². The number of halogens is 1. The number of anilines is 1. The standard InChI is InChI=1S/C32H43ClN4O4/c1-6-37-28-20(4)25(30(38)34-13-26-18(2)11-19(3)35-31(26)39)12-27(33)29(28)41-32(37,5)23-7-9-24(10-8-23)36-14-21-16-40-17-22(21)15-36/h11-12,21-24H,6-10,13-17H2,1-5H3,(H,34,38)(H,35,39). The molecule has 3 aliphatic heterocycles. The molecule has 0 radical (unpaired) electrons. The van der Waals surface area contributed by atoms with Gasteiger partial charge in [0.05, 0.1) is 23.9 Å². The second-order valence-corrected chi connectivity index (χ2v) is 13.2. The summed E-state index contributed by atoms with van der Waals surface area (Å²) in [6.07, 6.45) is 4.55. The molecule has 0 bridgehead atoms. The first-order valence-corrected chi connectivity index (χ1v) is 15.6. The van der Waals surface area contributed by atoms with Gasteiger partial charge in [-0.1, -0.05) is 11.6 Å². The molecule has 8 nitrogen and oxygen atoms in total. The first kappa shape index (κ1) is 28.6. The third-order valence-electron chi connectivity index (χ3n) is 10.3. The summed E-state index contributed by atoms with van der Waals surface area (Å²) in [7, 11) is 0. The van der Waals surface area contributed by atoms with E-state index >= 15 is 0 Å². The van der Waals surface area contributed by atoms with E-state index in [0.717, 1.165) is 55.1 Å². The van der Waals surface area contributed by atoms with Crippen LogP contribution in [0.5, 0.6) is 5.75 Å². The highest BCUT2D eigenvalue weighted by Crippen LogP contribution is 2.54. The molecule has 222 valence electrons. The first-order chi connectivity index (χ1) is 19.6. The lowest BCUT2D eigenvalue weighted by Crippen LogP contribution is -2.54. The Morgan fingerprint density at radius 3 is 2.44 bits per heavy atom. The van der Waals surface area contributed by atoms with E-state index in [1.54, 1.807) is 6.07 Å². The highest BCUT2D eigenvalue weighted by atomic mass is 35.5. The molecule has 1 saturated carbocycles. The van der Waals surface area contributed by atoms with Crippen LogP contribution in [0.15, 0.2) is 16.9 Å². The summed E-state index contributed by atoms with van der Waals surface area (Å²) >= 11 is 6.82. The molecular formula is C32H43ClN4O4. The third-order valence-corrected chi connectivity index (χ3v) is 10.6. The number of carbonyl (C=O) groups is 1. The van der Waals surface area contributed by atoms with E-state index in [1.807, 2.05) is 26.8 Å². The summed E-state index contributed by atoms with van der Waals surface area (Å²) in [5, 5.41) is 3.40. The maximum atomic E-state index is 13.4. The van der Waals surface area contributed by atoms with Crippen LogP contribution in [0, 0.1) is 38.5 Å². The Kier molecular flexibility index (Phi) is 7.62. The van der Waals surface area contributed by atoms with Gasteiger partial charge in [-0.25, -0.2) is 0 Å². The van der Waals surface area contributed by atoms with Crippen molar-refractivity contribution in [2.24, 2.45) is 17.8 Å². The van der Waals surface area contributed by atoms with Gasteiger partial charge >= 0.3 is 0 Å². The summed E-state index contributed by atoms with van der Waals surface area (Å²) in [5.74, 6) is 2.21. The van der Waals surface area contributed by atoms with Crippen molar-refractivity contribution in [2.45, 2.75) is 78.6 Å². The van der Waals surface area contributed by atoms with Crippen molar-refractivity contribution < 1.29 is 14.3 Å². The van der Waals surface area contributed by atoms with Gasteiger partial charge in [-0.3, -0.25) is 14.5 Å². The van der Waals surface area contributed by atoms with Crippen molar-refractivity contribution in [3.8, 4) is 5.75 Å². The molecule has 2 aromatic rings. The number of likely N-dealkylation sites (tertiary alicyclic amines) is 1. The number of H-pyrrole nitrogens is 1. The van der Waals surface area contributed by atoms with E-state index in [-0.39, 0.29) is 18.0 Å². The number of benzene rings is 1. The zero-order valence-corrected chi connectivity index (χ0v) is 25.7. The molecule has 1 aromatic carbocycles. The second-order valence-electron chi connectivity index (χ2n) is 12.8. The van der Waals surface area contributed by atoms with Crippen LogP contribution in [0.1, 0.15) is 72.3 Å². The van der Waals surface area contributed by atoms with Crippen LogP contribution in [0.2, 0.25) is 5.02 Å². The Balaban J connectivity index is 1.18. The summed E-state index contributed by atoms with van der Waals surface area (Å²) in [5.41, 5.74) is 3.78. The molecule has 1 aliphatic carbocycles. The van der Waals surface area contributed by atoms with Crippen LogP contribution in [0.25, 0.3) is 0 Å². The molecular weight excluding hydrogens is 540 g/mol. The minimum Gasteiger partial charge on any atom is -0.464 e. The number of hydrogen-bond acceptors (Lipinski definition) is 6. The predicted molar refractivity (Wildman–Crippen MR) is 161 cm³/mol. The van der Waals surface area contributed by atoms with E-state index in [9.17, 15) is 9.59 Å². The number of nitrogens with zero attached hydrogens (tertiary/aromatic N) is 2. The molecule has 0 spiro atoms.